The van der Waals surface area contributed by atoms with Gasteiger partial charge in [0, 0.05) is 0 Å². The summed E-state index contributed by atoms with van der Waals surface area (Å²) in [4.78, 5) is 0. The maximum atomic E-state index is 9.21. The van der Waals surface area contributed by atoms with E-state index in [1.54, 1.807) is 0 Å². The Morgan fingerprint density at radius 1 is 0.179 bits per heavy atom. The van der Waals surface area contributed by atoms with Crippen LogP contribution in [0.25, 0.3) is 174 Å². The molecule has 0 saturated carbocycles. The number of hydrogen-bond acceptors (Lipinski definition) is 0. The van der Waals surface area contributed by atoms with Crippen LogP contribution >= 0.6 is 0 Å². The van der Waals surface area contributed by atoms with Gasteiger partial charge in [-0.1, -0.05) is 297 Å². The molecule has 0 N–H and O–H groups in total. The highest BCUT2D eigenvalue weighted by atomic mass is 14.2. The first-order chi connectivity index (χ1) is 45.0. The standard InChI is InChI=1S/C44H26.C40H26/c1-5-27-13-15-31-17-21-37(39-23-19-29(7-1)41(27)43(31)39)35-11-3-9-33(25-35)34-10-4-12-36(26-34)38-22-18-32-16-14-28-6-2-8-30-20-24-40(38)44(32)42(28)30;1-2-12-31-26-32(25-22-27(31)10-1)28-20-23-30(24-21-28)39-35-15-5-7-17-37(35)40(38-18-8-6-16-36(38)39)34-19-9-13-29-11-3-4-14-33(29)34/h1-26H;1-26H/i;5D,6D,7D,8D,15D,16D,17D,18D. The molecule has 18 aromatic rings. The van der Waals surface area contributed by atoms with E-state index in [2.05, 4.69) is 182 Å². The third kappa shape index (κ3) is 7.76. The fraction of sp³-hybridized carbons (Fsp3) is 0. The van der Waals surface area contributed by atoms with Crippen LogP contribution in [0, 0.1) is 0 Å². The molecule has 84 heavy (non-hydrogen) atoms. The van der Waals surface area contributed by atoms with E-state index in [0.717, 1.165) is 32.7 Å². The molecular weight excluding hydrogens is 1010 g/mol. The van der Waals surface area contributed by atoms with E-state index >= 15 is 0 Å². The van der Waals surface area contributed by atoms with Gasteiger partial charge in [-0.05, 0) is 193 Å². The molecule has 0 fully saturated rings. The second kappa shape index (κ2) is 19.4. The minimum atomic E-state index is -0.411. The summed E-state index contributed by atoms with van der Waals surface area (Å²) in [7, 11) is 0. The molecule has 0 spiro atoms. The molecule has 0 aromatic heterocycles. The molecule has 0 aliphatic carbocycles. The van der Waals surface area contributed by atoms with Crippen LogP contribution < -0.4 is 0 Å². The maximum absolute atomic E-state index is 9.21. The lowest BCUT2D eigenvalue weighted by Crippen LogP contribution is -1.91. The highest BCUT2D eigenvalue weighted by Gasteiger charge is 2.19. The first kappa shape index (κ1) is 40.3. The van der Waals surface area contributed by atoms with Crippen LogP contribution in [0.5, 0.6) is 0 Å². The van der Waals surface area contributed by atoms with E-state index in [9.17, 15) is 5.48 Å². The third-order valence-corrected chi connectivity index (χ3v) is 17.4. The van der Waals surface area contributed by atoms with Gasteiger partial charge in [-0.3, -0.25) is 0 Å². The number of hydrogen-bond donors (Lipinski definition) is 0. The fourth-order valence-electron chi connectivity index (χ4n) is 13.5. The molecule has 0 aliphatic heterocycles. The van der Waals surface area contributed by atoms with Crippen molar-refractivity contribution in [2.75, 3.05) is 0 Å². The topological polar surface area (TPSA) is 0 Å². The lowest BCUT2D eigenvalue weighted by Gasteiger charge is -2.19. The van der Waals surface area contributed by atoms with Gasteiger partial charge in [0.15, 0.2) is 0 Å². The molecule has 0 heterocycles. The summed E-state index contributed by atoms with van der Waals surface area (Å²) in [5, 5.41) is 20.6. The molecule has 0 amide bonds. The number of benzene rings is 18. The van der Waals surface area contributed by atoms with Crippen molar-refractivity contribution in [1.29, 1.82) is 0 Å². The minimum Gasteiger partial charge on any atom is -0.0616 e. The molecule has 0 atom stereocenters. The van der Waals surface area contributed by atoms with E-state index < -0.39 is 24.2 Å². The Labute approximate surface area is 498 Å². The molecule has 18 aromatic carbocycles. The van der Waals surface area contributed by atoms with Crippen LogP contribution in [0.3, 0.4) is 0 Å². The van der Waals surface area contributed by atoms with E-state index in [-0.39, 0.29) is 45.7 Å². The third-order valence-electron chi connectivity index (χ3n) is 17.4. The summed E-state index contributed by atoms with van der Waals surface area (Å²) >= 11 is 0. The van der Waals surface area contributed by atoms with Gasteiger partial charge < -0.3 is 0 Å². The average molecular weight is 1070 g/mol. The van der Waals surface area contributed by atoms with Crippen LogP contribution in [0.1, 0.15) is 11.0 Å². The van der Waals surface area contributed by atoms with Crippen molar-refractivity contribution >= 4 is 108 Å². The molecule has 0 bridgehead atoms. The van der Waals surface area contributed by atoms with Gasteiger partial charge in [0.1, 0.15) is 0 Å². The molecule has 388 valence electrons. The van der Waals surface area contributed by atoms with E-state index in [0.29, 0.717) is 22.3 Å². The number of fused-ring (bicyclic) bond motifs is 4. The zero-order chi connectivity index (χ0) is 62.2. The second-order valence-corrected chi connectivity index (χ2v) is 22.0. The van der Waals surface area contributed by atoms with Crippen molar-refractivity contribution in [3.63, 3.8) is 0 Å². The SMILES string of the molecule is [2H]c1c([2H])c([2H])c2c(-c3cccc4ccccc34)c3c([2H])c([2H])c([2H])c([2H])c3c(-c3ccc(-c4ccc5ccccc5c4)cc3)c2c1[2H].c1cc(-c2cccc(-c3ccc4ccc5cccc6ccc3c4c56)c2)cc(-c2ccc3ccc4cccc5ccc2c3c45)c1. The van der Waals surface area contributed by atoms with Crippen molar-refractivity contribution in [3.05, 3.63) is 315 Å². The highest BCUT2D eigenvalue weighted by Crippen LogP contribution is 2.47. The normalized spacial score (nSPS) is 13.1. The summed E-state index contributed by atoms with van der Waals surface area (Å²) < 4.78 is 71.5. The lowest BCUT2D eigenvalue weighted by atomic mass is 9.84. The summed E-state index contributed by atoms with van der Waals surface area (Å²) in [6.07, 6.45) is 0. The van der Waals surface area contributed by atoms with Gasteiger partial charge >= 0.3 is 0 Å². The van der Waals surface area contributed by atoms with Crippen LogP contribution in [-0.2, 0) is 0 Å². The molecule has 18 rings (SSSR count). The minimum absolute atomic E-state index is 0.208. The Hall–Kier alpha value is -10.9. The molecule has 0 radical (unpaired) electrons. The van der Waals surface area contributed by atoms with Crippen molar-refractivity contribution in [1.82, 2.24) is 0 Å². The molecule has 0 heteroatoms. The summed E-state index contributed by atoms with van der Waals surface area (Å²) in [5.41, 5.74) is 11.3. The fourth-order valence-corrected chi connectivity index (χ4v) is 13.5. The Morgan fingerprint density at radius 2 is 0.548 bits per heavy atom. The quantitative estimate of drug-likeness (QED) is 0.115. The summed E-state index contributed by atoms with van der Waals surface area (Å²) in [6.45, 7) is 0. The Bertz CT molecular complexity index is 5800. The molecular formula is C84H52. The second-order valence-electron chi connectivity index (χ2n) is 22.0. The first-order valence-corrected chi connectivity index (χ1v) is 28.6. The van der Waals surface area contributed by atoms with Gasteiger partial charge in [0.05, 0.1) is 11.0 Å². The maximum Gasteiger partial charge on any atom is 0.0629 e. The van der Waals surface area contributed by atoms with Crippen molar-refractivity contribution in [2.24, 2.45) is 0 Å². The highest BCUT2D eigenvalue weighted by molar-refractivity contribution is 6.27. The summed E-state index contributed by atoms with van der Waals surface area (Å²) in [5.74, 6) is 0. The van der Waals surface area contributed by atoms with Gasteiger partial charge in [0.25, 0.3) is 0 Å². The zero-order valence-electron chi connectivity index (χ0n) is 53.4. The Morgan fingerprint density at radius 3 is 1.11 bits per heavy atom. The molecule has 0 unspecified atom stereocenters. The monoisotopic (exact) mass is 1070 g/mol. The van der Waals surface area contributed by atoms with Crippen molar-refractivity contribution < 1.29 is 11.0 Å². The van der Waals surface area contributed by atoms with Crippen LogP contribution in [0.15, 0.2) is 315 Å². The van der Waals surface area contributed by atoms with Gasteiger partial charge in [-0.2, -0.15) is 0 Å². The van der Waals surface area contributed by atoms with Crippen LogP contribution in [0.4, 0.5) is 0 Å². The van der Waals surface area contributed by atoms with Gasteiger partial charge in [-0.25, -0.2) is 0 Å². The van der Waals surface area contributed by atoms with Crippen molar-refractivity contribution in [2.45, 2.75) is 0 Å². The van der Waals surface area contributed by atoms with Crippen LogP contribution in [0.2, 0.25) is 0 Å². The Balaban J connectivity index is 0.000000141. The van der Waals surface area contributed by atoms with E-state index in [4.69, 9.17) is 5.48 Å². The first-order valence-electron chi connectivity index (χ1n) is 32.6. The van der Waals surface area contributed by atoms with Gasteiger partial charge in [-0.15, -0.1) is 0 Å². The lowest BCUT2D eigenvalue weighted by molar-refractivity contribution is 1.60. The molecule has 0 nitrogen and oxygen atoms in total. The Kier molecular flexibility index (Phi) is 9.30. The largest absolute Gasteiger partial charge is 0.0629 e. The predicted octanol–water partition coefficient (Wildman–Crippen LogP) is 23.8. The smallest absolute Gasteiger partial charge is 0.0616 e. The van der Waals surface area contributed by atoms with Crippen LogP contribution in [-0.4, -0.2) is 0 Å². The molecule has 0 aliphatic rings. The molecule has 0 saturated heterocycles. The summed E-state index contributed by atoms with van der Waals surface area (Å²) in [6, 6.07) is 91.1. The van der Waals surface area contributed by atoms with E-state index in [1.807, 2.05) is 84.9 Å². The van der Waals surface area contributed by atoms with Gasteiger partial charge in [0.2, 0.25) is 0 Å². The number of rotatable bonds is 6. The van der Waals surface area contributed by atoms with Crippen molar-refractivity contribution in [3.8, 4) is 66.8 Å². The van der Waals surface area contributed by atoms with E-state index in [1.165, 1.54) is 98.0 Å². The average Bonchev–Trinajstić information content (AvgIpc) is 0.706. The zero-order valence-corrected chi connectivity index (χ0v) is 45.4. The predicted molar refractivity (Wildman–Crippen MR) is 363 cm³/mol.